The first-order valence-electron chi connectivity index (χ1n) is 18.5. The largest absolute Gasteiger partial charge is 0.394 e. The van der Waals surface area contributed by atoms with Crippen LogP contribution in [0.25, 0.3) is 0 Å². The van der Waals surface area contributed by atoms with Crippen LogP contribution in [0.3, 0.4) is 0 Å². The predicted molar refractivity (Wildman–Crippen MR) is 193 cm³/mol. The normalized spacial score (nSPS) is 13.8. The third-order valence-corrected chi connectivity index (χ3v) is 7.95. The van der Waals surface area contributed by atoms with Crippen LogP contribution >= 0.6 is 0 Å². The number of unbranched alkanes of at least 4 members (excludes halogenated alkanes) is 17. The van der Waals surface area contributed by atoms with Crippen LogP contribution in [-0.2, 0) is 4.79 Å². The van der Waals surface area contributed by atoms with Gasteiger partial charge in [0.15, 0.2) is 0 Å². The number of aliphatic hydroxyl groups excluding tert-OH is 2. The van der Waals surface area contributed by atoms with E-state index in [0.29, 0.717) is 6.42 Å². The summed E-state index contributed by atoms with van der Waals surface area (Å²) in [7, 11) is 0. The van der Waals surface area contributed by atoms with E-state index in [2.05, 4.69) is 67.8 Å². The van der Waals surface area contributed by atoms with E-state index >= 15 is 0 Å². The third-order valence-electron chi connectivity index (χ3n) is 7.95. The molecule has 2 atom stereocenters. The summed E-state index contributed by atoms with van der Waals surface area (Å²) in [5, 5.41) is 22.8. The van der Waals surface area contributed by atoms with Gasteiger partial charge in [-0.1, -0.05) is 145 Å². The molecule has 0 saturated carbocycles. The molecule has 2 unspecified atom stereocenters. The van der Waals surface area contributed by atoms with E-state index in [1.54, 1.807) is 6.08 Å². The summed E-state index contributed by atoms with van der Waals surface area (Å²) >= 11 is 0. The van der Waals surface area contributed by atoms with Crippen LogP contribution in [0.5, 0.6) is 0 Å². The molecule has 0 spiro atoms. The van der Waals surface area contributed by atoms with Gasteiger partial charge in [-0.2, -0.15) is 0 Å². The van der Waals surface area contributed by atoms with Gasteiger partial charge in [0, 0.05) is 6.42 Å². The van der Waals surface area contributed by atoms with Crippen molar-refractivity contribution < 1.29 is 15.0 Å². The first-order valence-corrected chi connectivity index (χ1v) is 18.5. The zero-order valence-electron chi connectivity index (χ0n) is 28.9. The topological polar surface area (TPSA) is 69.6 Å². The van der Waals surface area contributed by atoms with Crippen molar-refractivity contribution in [1.82, 2.24) is 5.32 Å². The van der Waals surface area contributed by atoms with Gasteiger partial charge in [0.1, 0.15) is 0 Å². The van der Waals surface area contributed by atoms with Crippen molar-refractivity contribution in [2.75, 3.05) is 6.61 Å². The number of carbonyl (C=O) groups excluding carboxylic acids is 1. The molecule has 4 heteroatoms. The molecular formula is C40H71NO3. The molecule has 0 aliphatic rings. The molecule has 3 N–H and O–H groups in total. The molecule has 0 aliphatic carbocycles. The van der Waals surface area contributed by atoms with Gasteiger partial charge in [-0.15, -0.1) is 0 Å². The Bertz CT molecular complexity index is 752. The minimum Gasteiger partial charge on any atom is -0.394 e. The lowest BCUT2D eigenvalue weighted by molar-refractivity contribution is -0.123. The Morgan fingerprint density at radius 2 is 0.955 bits per heavy atom. The van der Waals surface area contributed by atoms with E-state index < -0.39 is 12.1 Å². The molecule has 0 radical (unpaired) electrons. The van der Waals surface area contributed by atoms with Crippen molar-refractivity contribution in [2.24, 2.45) is 0 Å². The van der Waals surface area contributed by atoms with Crippen molar-refractivity contribution in [2.45, 2.75) is 180 Å². The van der Waals surface area contributed by atoms with Crippen LogP contribution in [0, 0.1) is 0 Å². The molecule has 254 valence electrons. The highest BCUT2D eigenvalue weighted by Gasteiger charge is 2.17. The molecule has 0 rings (SSSR count). The summed E-state index contributed by atoms with van der Waals surface area (Å²) in [5.41, 5.74) is 0. The molecule has 0 aromatic rings. The first-order chi connectivity index (χ1) is 21.7. The second-order valence-electron chi connectivity index (χ2n) is 12.3. The summed E-state index contributed by atoms with van der Waals surface area (Å²) in [4.78, 5) is 12.3. The Balaban J connectivity index is 3.69. The zero-order valence-corrected chi connectivity index (χ0v) is 28.9. The van der Waals surface area contributed by atoms with Crippen molar-refractivity contribution >= 4 is 5.91 Å². The SMILES string of the molecule is CCCCC/C=C\C/C=C\CCCCCCCCCCCC(=O)NC(CO)C(O)/C=C/CC/C=C/CC/C=C/CCCCC. The quantitative estimate of drug-likeness (QED) is 0.0522. The highest BCUT2D eigenvalue weighted by molar-refractivity contribution is 5.76. The van der Waals surface area contributed by atoms with Crippen molar-refractivity contribution in [3.8, 4) is 0 Å². The van der Waals surface area contributed by atoms with Crippen molar-refractivity contribution in [3.63, 3.8) is 0 Å². The molecule has 0 bridgehead atoms. The first kappa shape index (κ1) is 42.1. The Morgan fingerprint density at radius 1 is 0.545 bits per heavy atom. The van der Waals surface area contributed by atoms with Gasteiger partial charge in [0.2, 0.25) is 5.91 Å². The average Bonchev–Trinajstić information content (AvgIpc) is 3.03. The molecule has 0 saturated heterocycles. The third kappa shape index (κ3) is 31.5. The smallest absolute Gasteiger partial charge is 0.220 e. The summed E-state index contributed by atoms with van der Waals surface area (Å²) in [6.07, 6.45) is 48.7. The van der Waals surface area contributed by atoms with Crippen LogP contribution in [0.4, 0.5) is 0 Å². The van der Waals surface area contributed by atoms with Crippen molar-refractivity contribution in [1.29, 1.82) is 0 Å². The fourth-order valence-corrected chi connectivity index (χ4v) is 5.06. The van der Waals surface area contributed by atoms with E-state index in [4.69, 9.17) is 0 Å². The minimum absolute atomic E-state index is 0.0871. The van der Waals surface area contributed by atoms with Gasteiger partial charge < -0.3 is 15.5 Å². The van der Waals surface area contributed by atoms with Crippen LogP contribution in [0.2, 0.25) is 0 Å². The Kier molecular flexibility index (Phi) is 34.0. The number of hydrogen-bond acceptors (Lipinski definition) is 3. The van der Waals surface area contributed by atoms with Crippen LogP contribution in [0.1, 0.15) is 168 Å². The van der Waals surface area contributed by atoms with E-state index in [0.717, 1.165) is 44.9 Å². The summed E-state index contributed by atoms with van der Waals surface area (Å²) < 4.78 is 0. The van der Waals surface area contributed by atoms with Gasteiger partial charge in [-0.3, -0.25) is 4.79 Å². The van der Waals surface area contributed by atoms with Crippen LogP contribution < -0.4 is 5.32 Å². The molecule has 4 nitrogen and oxygen atoms in total. The monoisotopic (exact) mass is 614 g/mol. The van der Waals surface area contributed by atoms with Crippen molar-refractivity contribution in [3.05, 3.63) is 60.8 Å². The van der Waals surface area contributed by atoms with E-state index in [9.17, 15) is 15.0 Å². The highest BCUT2D eigenvalue weighted by Crippen LogP contribution is 2.12. The number of nitrogens with one attached hydrogen (secondary N) is 1. The molecule has 0 aromatic carbocycles. The number of allylic oxidation sites excluding steroid dienone is 9. The number of carbonyl (C=O) groups is 1. The molecule has 0 aliphatic heterocycles. The number of rotatable bonds is 32. The molecule has 0 aromatic heterocycles. The van der Waals surface area contributed by atoms with Gasteiger partial charge >= 0.3 is 0 Å². The van der Waals surface area contributed by atoms with Crippen LogP contribution in [0.15, 0.2) is 60.8 Å². The lowest BCUT2D eigenvalue weighted by Gasteiger charge is -2.19. The van der Waals surface area contributed by atoms with Gasteiger partial charge in [-0.05, 0) is 77.0 Å². The summed E-state index contributed by atoms with van der Waals surface area (Å²) in [6.45, 7) is 4.21. The lowest BCUT2D eigenvalue weighted by atomic mass is 10.1. The predicted octanol–water partition coefficient (Wildman–Crippen LogP) is 11.0. The number of hydrogen-bond donors (Lipinski definition) is 3. The molecule has 0 heterocycles. The Hall–Kier alpha value is -1.91. The maximum absolute atomic E-state index is 12.3. The van der Waals surface area contributed by atoms with E-state index in [1.165, 1.54) is 103 Å². The summed E-state index contributed by atoms with van der Waals surface area (Å²) in [5.74, 6) is -0.0871. The molecular weight excluding hydrogens is 542 g/mol. The Labute approximate surface area is 273 Å². The van der Waals surface area contributed by atoms with Gasteiger partial charge in [-0.25, -0.2) is 0 Å². The fourth-order valence-electron chi connectivity index (χ4n) is 5.06. The molecule has 0 fully saturated rings. The second-order valence-corrected chi connectivity index (χ2v) is 12.3. The molecule has 1 amide bonds. The minimum atomic E-state index is -0.871. The van der Waals surface area contributed by atoms with E-state index in [1.807, 2.05) is 6.08 Å². The second kappa shape index (κ2) is 35.6. The standard InChI is InChI=1S/C40H71NO3/c1-3-5-7-9-11-13-15-17-18-19-20-21-22-24-26-28-30-32-34-36-40(44)41-38(37-42)39(43)35-33-31-29-27-25-23-16-14-12-10-8-6-4-2/h11-14,17-18,25,27,33,35,38-39,42-43H,3-10,15-16,19-24,26,28-32,34,36-37H2,1-2H3,(H,41,44)/b13-11-,14-12+,18-17-,27-25+,35-33+. The van der Waals surface area contributed by atoms with E-state index in [-0.39, 0.29) is 12.5 Å². The maximum atomic E-state index is 12.3. The maximum Gasteiger partial charge on any atom is 0.220 e. The Morgan fingerprint density at radius 3 is 1.45 bits per heavy atom. The number of aliphatic hydroxyl groups is 2. The fraction of sp³-hybridized carbons (Fsp3) is 0.725. The molecule has 44 heavy (non-hydrogen) atoms. The summed E-state index contributed by atoms with van der Waals surface area (Å²) in [6, 6.07) is -0.647. The van der Waals surface area contributed by atoms with Gasteiger partial charge in [0.25, 0.3) is 0 Å². The lowest BCUT2D eigenvalue weighted by Crippen LogP contribution is -2.45. The highest BCUT2D eigenvalue weighted by atomic mass is 16.3. The zero-order chi connectivity index (χ0) is 32.2. The average molecular weight is 614 g/mol. The van der Waals surface area contributed by atoms with Gasteiger partial charge in [0.05, 0.1) is 18.8 Å². The van der Waals surface area contributed by atoms with Crippen LogP contribution in [-0.4, -0.2) is 34.9 Å². The number of amides is 1.